The zero-order chi connectivity index (χ0) is 16.8. The normalized spacial score (nSPS) is 16.8. The molecule has 7 nitrogen and oxygen atoms in total. The molecule has 1 aliphatic heterocycles. The van der Waals surface area contributed by atoms with Gasteiger partial charge in [-0.15, -0.1) is 0 Å². The highest BCUT2D eigenvalue weighted by atomic mass is 32.2. The third-order valence-corrected chi connectivity index (χ3v) is 4.31. The number of carbonyl (C=O) groups is 2. The number of hydrogen-bond acceptors (Lipinski definition) is 7. The molecule has 2 N–H and O–H groups in total. The highest BCUT2D eigenvalue weighted by molar-refractivity contribution is 8.15. The van der Waals surface area contributed by atoms with Crippen molar-refractivity contribution in [3.8, 4) is 5.75 Å². The summed E-state index contributed by atoms with van der Waals surface area (Å²) in [5, 5.41) is 4.72. The van der Waals surface area contributed by atoms with Crippen LogP contribution in [0.25, 0.3) is 0 Å². The second-order valence-corrected chi connectivity index (χ2v) is 6.25. The first kappa shape index (κ1) is 16.3. The summed E-state index contributed by atoms with van der Waals surface area (Å²) in [6.07, 6.45) is 3.87. The van der Waals surface area contributed by atoms with Crippen LogP contribution in [-0.2, 0) is 11.2 Å². The predicted molar refractivity (Wildman–Crippen MR) is 91.1 cm³/mol. The monoisotopic (exact) mass is 344 g/mol. The smallest absolute Gasteiger partial charge is 0.286 e. The lowest BCUT2D eigenvalue weighted by molar-refractivity contribution is -0.118. The van der Waals surface area contributed by atoms with E-state index in [1.165, 1.54) is 0 Å². The van der Waals surface area contributed by atoms with E-state index in [1.54, 1.807) is 18.5 Å². The molecule has 1 aromatic heterocycles. The number of hydrogen-bond donors (Lipinski definition) is 2. The van der Waals surface area contributed by atoms with Gasteiger partial charge < -0.3 is 10.1 Å². The van der Waals surface area contributed by atoms with Crippen molar-refractivity contribution in [1.29, 1.82) is 0 Å². The summed E-state index contributed by atoms with van der Waals surface area (Å²) in [4.78, 5) is 30.8. The Morgan fingerprint density at radius 2 is 1.92 bits per heavy atom. The van der Waals surface area contributed by atoms with Gasteiger partial charge in [-0.3, -0.25) is 14.9 Å². The number of aromatic nitrogens is 2. The average molecular weight is 344 g/mol. The van der Waals surface area contributed by atoms with Crippen molar-refractivity contribution in [1.82, 2.24) is 15.3 Å². The molecule has 2 amide bonds. The Hall–Kier alpha value is -2.61. The van der Waals surface area contributed by atoms with Gasteiger partial charge in [-0.05, 0) is 30.2 Å². The fourth-order valence-electron chi connectivity index (χ4n) is 2.19. The molecule has 1 fully saturated rings. The first-order valence-corrected chi connectivity index (χ1v) is 8.33. The molecule has 0 aliphatic carbocycles. The first-order valence-electron chi connectivity index (χ1n) is 7.45. The number of thioether (sulfide) groups is 1. The number of benzene rings is 1. The maximum Gasteiger partial charge on any atom is 0.286 e. The van der Waals surface area contributed by atoms with E-state index in [2.05, 4.69) is 20.6 Å². The zero-order valence-corrected chi connectivity index (χ0v) is 13.6. The average Bonchev–Trinajstić information content (AvgIpc) is 2.91. The molecule has 1 saturated heterocycles. The van der Waals surface area contributed by atoms with E-state index in [-0.39, 0.29) is 16.4 Å². The van der Waals surface area contributed by atoms with E-state index in [4.69, 9.17) is 4.74 Å². The molecule has 8 heteroatoms. The maximum atomic E-state index is 11.6. The van der Waals surface area contributed by atoms with E-state index < -0.39 is 0 Å². The van der Waals surface area contributed by atoms with Crippen LogP contribution < -0.4 is 15.4 Å². The number of rotatable bonds is 7. The van der Waals surface area contributed by atoms with E-state index in [9.17, 15) is 9.59 Å². The number of carbonyl (C=O) groups excluding carboxylic acids is 2. The van der Waals surface area contributed by atoms with Gasteiger partial charge in [0.15, 0.2) is 0 Å². The number of nitrogens with zero attached hydrogens (tertiary/aromatic N) is 2. The minimum atomic E-state index is -0.348. The van der Waals surface area contributed by atoms with Gasteiger partial charge in [0, 0.05) is 12.4 Å². The summed E-state index contributed by atoms with van der Waals surface area (Å²) in [6.45, 7) is 1.07. The van der Waals surface area contributed by atoms with Gasteiger partial charge in [-0.1, -0.05) is 23.9 Å². The fourth-order valence-corrected chi connectivity index (χ4v) is 3.05. The summed E-state index contributed by atoms with van der Waals surface area (Å²) in [5.74, 6) is 1.09. The highest BCUT2D eigenvalue weighted by Gasteiger charge is 2.31. The van der Waals surface area contributed by atoms with Crippen LogP contribution in [0.3, 0.4) is 0 Å². The Morgan fingerprint density at radius 3 is 2.58 bits per heavy atom. The van der Waals surface area contributed by atoms with Crippen molar-refractivity contribution >= 4 is 28.9 Å². The van der Waals surface area contributed by atoms with Gasteiger partial charge in [0.25, 0.3) is 5.24 Å². The zero-order valence-electron chi connectivity index (χ0n) is 12.8. The summed E-state index contributed by atoms with van der Waals surface area (Å²) in [7, 11) is 0. The molecule has 1 atom stereocenters. The Balaban J connectivity index is 1.43. The van der Waals surface area contributed by atoms with E-state index >= 15 is 0 Å². The van der Waals surface area contributed by atoms with Crippen molar-refractivity contribution in [3.63, 3.8) is 0 Å². The topological polar surface area (TPSA) is 93.2 Å². The molecule has 0 radical (unpaired) electrons. The molecule has 2 aromatic rings. The van der Waals surface area contributed by atoms with Crippen molar-refractivity contribution in [3.05, 3.63) is 48.3 Å². The Bertz CT molecular complexity index is 709. The molecule has 0 unspecified atom stereocenters. The Kier molecular flexibility index (Phi) is 5.27. The lowest BCUT2D eigenvalue weighted by Crippen LogP contribution is -2.25. The Morgan fingerprint density at radius 1 is 1.17 bits per heavy atom. The van der Waals surface area contributed by atoms with Crippen LogP contribution in [0.5, 0.6) is 5.75 Å². The van der Waals surface area contributed by atoms with Gasteiger partial charge in [-0.2, -0.15) is 0 Å². The molecular weight excluding hydrogens is 328 g/mol. The van der Waals surface area contributed by atoms with Crippen LogP contribution in [0, 0.1) is 0 Å². The third-order valence-electron chi connectivity index (χ3n) is 3.33. The third kappa shape index (κ3) is 4.45. The highest BCUT2D eigenvalue weighted by Crippen LogP contribution is 2.23. The largest absolute Gasteiger partial charge is 0.492 e. The van der Waals surface area contributed by atoms with E-state index in [1.807, 2.05) is 24.3 Å². The van der Waals surface area contributed by atoms with Gasteiger partial charge in [0.2, 0.25) is 11.9 Å². The van der Waals surface area contributed by atoms with Crippen LogP contribution in [0.15, 0.2) is 42.7 Å². The van der Waals surface area contributed by atoms with Crippen LogP contribution in [0.4, 0.5) is 10.7 Å². The summed E-state index contributed by atoms with van der Waals surface area (Å²) >= 11 is 1.04. The van der Waals surface area contributed by atoms with E-state index in [0.717, 1.165) is 23.1 Å². The molecule has 1 aromatic carbocycles. The van der Waals surface area contributed by atoms with Crippen LogP contribution in [0.1, 0.15) is 5.56 Å². The summed E-state index contributed by atoms with van der Waals surface area (Å²) in [5.41, 5.74) is 0.987. The molecular formula is C16H16N4O3S. The van der Waals surface area contributed by atoms with E-state index in [0.29, 0.717) is 25.5 Å². The number of imide groups is 1. The van der Waals surface area contributed by atoms with Gasteiger partial charge in [0.1, 0.15) is 12.4 Å². The number of ether oxygens (including phenoxy) is 1. The lowest BCUT2D eigenvalue weighted by atomic mass is 10.1. The predicted octanol–water partition coefficient (Wildman–Crippen LogP) is 1.86. The van der Waals surface area contributed by atoms with Gasteiger partial charge >= 0.3 is 0 Å². The van der Waals surface area contributed by atoms with Crippen molar-refractivity contribution in [2.24, 2.45) is 0 Å². The quantitative estimate of drug-likeness (QED) is 0.741. The van der Waals surface area contributed by atoms with Crippen LogP contribution in [-0.4, -0.2) is 39.5 Å². The molecule has 1 aliphatic rings. The molecule has 3 rings (SSSR count). The number of anilines is 1. The minimum absolute atomic E-state index is 0.223. The summed E-state index contributed by atoms with van der Waals surface area (Å²) in [6, 6.07) is 9.27. The lowest BCUT2D eigenvalue weighted by Gasteiger charge is -2.09. The molecule has 24 heavy (non-hydrogen) atoms. The molecule has 2 heterocycles. The SMILES string of the molecule is O=C1NC(=O)[C@H](Cc2ccc(OCCNc3ncccn3)cc2)S1. The minimum Gasteiger partial charge on any atom is -0.492 e. The van der Waals surface area contributed by atoms with Crippen molar-refractivity contribution < 1.29 is 14.3 Å². The number of amides is 2. The molecule has 0 spiro atoms. The second kappa shape index (κ2) is 7.78. The van der Waals surface area contributed by atoms with Crippen LogP contribution >= 0.6 is 11.8 Å². The maximum absolute atomic E-state index is 11.6. The van der Waals surface area contributed by atoms with Crippen molar-refractivity contribution in [2.45, 2.75) is 11.7 Å². The van der Waals surface area contributed by atoms with Gasteiger partial charge in [-0.25, -0.2) is 9.97 Å². The second-order valence-electron chi connectivity index (χ2n) is 5.08. The van der Waals surface area contributed by atoms with Crippen molar-refractivity contribution in [2.75, 3.05) is 18.5 Å². The number of nitrogens with one attached hydrogen (secondary N) is 2. The standard InChI is InChI=1S/C16H16N4O3S/c21-14-13(24-16(22)20-14)10-11-2-4-12(5-3-11)23-9-8-19-15-17-6-1-7-18-15/h1-7,13H,8-10H2,(H,17,18,19)(H,20,21,22)/t13-/m0/s1. The van der Waals surface area contributed by atoms with Crippen LogP contribution in [0.2, 0.25) is 0 Å². The first-order chi connectivity index (χ1) is 11.7. The molecule has 0 bridgehead atoms. The fraction of sp³-hybridized carbons (Fsp3) is 0.250. The molecule has 124 valence electrons. The summed E-state index contributed by atoms with van der Waals surface area (Å²) < 4.78 is 5.63. The van der Waals surface area contributed by atoms with Gasteiger partial charge in [0.05, 0.1) is 11.8 Å². The molecule has 0 saturated carbocycles. The Labute approximate surface area is 143 Å².